The number of hydrogen-bond acceptors (Lipinski definition) is 3. The summed E-state index contributed by atoms with van der Waals surface area (Å²) in [4.78, 5) is 19.9. The van der Waals surface area contributed by atoms with E-state index in [9.17, 15) is 13.6 Å². The van der Waals surface area contributed by atoms with Crippen molar-refractivity contribution in [2.75, 3.05) is 6.54 Å². The summed E-state index contributed by atoms with van der Waals surface area (Å²) in [6, 6.07) is 18.5. The monoisotopic (exact) mass is 432 g/mol. The molecule has 3 heterocycles. The Morgan fingerprint density at radius 1 is 1.09 bits per heavy atom. The normalized spacial score (nSPS) is 16.2. The van der Waals surface area contributed by atoms with E-state index < -0.39 is 6.43 Å². The molecule has 0 spiro atoms. The number of carbonyl (C=O) groups is 1. The van der Waals surface area contributed by atoms with Crippen molar-refractivity contribution in [3.63, 3.8) is 0 Å². The van der Waals surface area contributed by atoms with E-state index in [4.69, 9.17) is 0 Å². The van der Waals surface area contributed by atoms with Gasteiger partial charge in [-0.3, -0.25) is 4.79 Å². The van der Waals surface area contributed by atoms with E-state index in [1.807, 2.05) is 49.4 Å². The molecule has 2 aromatic heterocycles. The van der Waals surface area contributed by atoms with Gasteiger partial charge < -0.3 is 4.90 Å². The molecule has 1 fully saturated rings. The first-order valence-corrected chi connectivity index (χ1v) is 10.6. The Kier molecular flexibility index (Phi) is 5.17. The second-order valence-corrected chi connectivity index (χ2v) is 8.09. The van der Waals surface area contributed by atoms with Gasteiger partial charge in [0, 0.05) is 12.1 Å². The highest BCUT2D eigenvalue weighted by molar-refractivity contribution is 6.00. The first-order chi connectivity index (χ1) is 15.5. The molecule has 0 N–H and O–H groups in total. The Morgan fingerprint density at radius 2 is 1.84 bits per heavy atom. The molecule has 0 radical (unpaired) electrons. The summed E-state index contributed by atoms with van der Waals surface area (Å²) in [6.45, 7) is 2.63. The summed E-state index contributed by atoms with van der Waals surface area (Å²) in [5.74, 6) is -0.235. The highest BCUT2D eigenvalue weighted by atomic mass is 19.3. The van der Waals surface area contributed by atoms with Crippen molar-refractivity contribution in [3.05, 3.63) is 89.2 Å². The highest BCUT2D eigenvalue weighted by Crippen LogP contribution is 2.34. The van der Waals surface area contributed by atoms with Gasteiger partial charge in [-0.05, 0) is 31.4 Å². The number of alkyl halides is 2. The number of likely N-dealkylation sites (tertiary alicyclic amines) is 1. The molecule has 162 valence electrons. The molecule has 1 amide bonds. The van der Waals surface area contributed by atoms with Crippen molar-refractivity contribution >= 4 is 11.6 Å². The first kappa shape index (κ1) is 20.3. The summed E-state index contributed by atoms with van der Waals surface area (Å²) in [6.07, 6.45) is 0.349. The first-order valence-electron chi connectivity index (χ1n) is 10.6. The zero-order chi connectivity index (χ0) is 22.2. The topological polar surface area (TPSA) is 50.5 Å². The average Bonchev–Trinajstić information content (AvgIpc) is 3.46. The maximum atomic E-state index is 13.8. The molecule has 4 aromatic rings. The van der Waals surface area contributed by atoms with Crippen LogP contribution >= 0.6 is 0 Å². The van der Waals surface area contributed by atoms with E-state index in [-0.39, 0.29) is 28.9 Å². The molecule has 1 aliphatic heterocycles. The molecular weight excluding hydrogens is 410 g/mol. The minimum absolute atomic E-state index is 0.0510. The number of hydrogen-bond donors (Lipinski definition) is 0. The molecule has 1 saturated heterocycles. The van der Waals surface area contributed by atoms with E-state index in [2.05, 4.69) is 10.1 Å². The Hall–Kier alpha value is -3.61. The Labute approximate surface area is 184 Å². The quantitative estimate of drug-likeness (QED) is 0.421. The van der Waals surface area contributed by atoms with Crippen LogP contribution in [0.1, 0.15) is 52.5 Å². The number of aryl methyl sites for hydroxylation is 1. The van der Waals surface area contributed by atoms with E-state index in [1.54, 1.807) is 17.0 Å². The summed E-state index contributed by atoms with van der Waals surface area (Å²) >= 11 is 0. The van der Waals surface area contributed by atoms with Gasteiger partial charge in [0.25, 0.3) is 12.3 Å². The van der Waals surface area contributed by atoms with Crippen molar-refractivity contribution in [2.24, 2.45) is 0 Å². The van der Waals surface area contributed by atoms with Gasteiger partial charge in [0.1, 0.15) is 11.3 Å². The van der Waals surface area contributed by atoms with Crippen LogP contribution in [0.4, 0.5) is 8.78 Å². The fraction of sp³-hybridized carbons (Fsp3) is 0.240. The molecule has 5 rings (SSSR count). The zero-order valence-corrected chi connectivity index (χ0v) is 17.6. The molecule has 1 atom stereocenters. The average molecular weight is 432 g/mol. The van der Waals surface area contributed by atoms with Crippen LogP contribution in [0.2, 0.25) is 0 Å². The van der Waals surface area contributed by atoms with Gasteiger partial charge in [0.2, 0.25) is 0 Å². The van der Waals surface area contributed by atoms with Crippen molar-refractivity contribution < 1.29 is 13.6 Å². The number of aromatic nitrogens is 3. The van der Waals surface area contributed by atoms with Crippen LogP contribution in [0, 0.1) is 6.92 Å². The zero-order valence-electron chi connectivity index (χ0n) is 17.6. The fourth-order valence-electron chi connectivity index (χ4n) is 4.35. The van der Waals surface area contributed by atoms with Crippen LogP contribution < -0.4 is 0 Å². The third kappa shape index (κ3) is 3.53. The third-order valence-electron chi connectivity index (χ3n) is 6.00. The molecule has 7 heteroatoms. The lowest BCUT2D eigenvalue weighted by Crippen LogP contribution is -2.30. The summed E-state index contributed by atoms with van der Waals surface area (Å²) in [5.41, 5.74) is 3.43. The molecule has 0 saturated carbocycles. The van der Waals surface area contributed by atoms with E-state index in [1.165, 1.54) is 12.3 Å². The van der Waals surface area contributed by atoms with Gasteiger partial charge in [-0.2, -0.15) is 5.10 Å². The van der Waals surface area contributed by atoms with Gasteiger partial charge in [0.15, 0.2) is 5.65 Å². The molecular formula is C25H22F2N4O. The second-order valence-electron chi connectivity index (χ2n) is 8.09. The maximum Gasteiger partial charge on any atom is 0.280 e. The summed E-state index contributed by atoms with van der Waals surface area (Å²) < 4.78 is 28.8. The SMILES string of the molecule is Cc1ccc(C2CCCN2C(=O)c2cnn3c(C(F)F)cc(-c4ccccc4)nc23)cc1. The number of benzene rings is 2. The van der Waals surface area contributed by atoms with E-state index in [0.717, 1.165) is 28.5 Å². The summed E-state index contributed by atoms with van der Waals surface area (Å²) in [7, 11) is 0. The van der Waals surface area contributed by atoms with Crippen molar-refractivity contribution in [1.29, 1.82) is 0 Å². The molecule has 0 bridgehead atoms. The number of carbonyl (C=O) groups excluding carboxylic acids is 1. The molecule has 2 aromatic carbocycles. The maximum absolute atomic E-state index is 13.8. The molecule has 0 aliphatic carbocycles. The van der Waals surface area contributed by atoms with Gasteiger partial charge in [-0.15, -0.1) is 0 Å². The largest absolute Gasteiger partial charge is 0.331 e. The lowest BCUT2D eigenvalue weighted by atomic mass is 10.0. The number of fused-ring (bicyclic) bond motifs is 1. The number of rotatable bonds is 4. The third-order valence-corrected chi connectivity index (χ3v) is 6.00. The minimum Gasteiger partial charge on any atom is -0.331 e. The van der Waals surface area contributed by atoms with Crippen molar-refractivity contribution in [2.45, 2.75) is 32.2 Å². The van der Waals surface area contributed by atoms with Gasteiger partial charge >= 0.3 is 0 Å². The molecule has 5 nitrogen and oxygen atoms in total. The van der Waals surface area contributed by atoms with Crippen LogP contribution in [0.15, 0.2) is 66.9 Å². The number of nitrogens with zero attached hydrogens (tertiary/aromatic N) is 4. The standard InChI is InChI=1S/C25H22F2N4O/c1-16-9-11-18(12-10-16)21-8-5-13-30(21)25(32)19-15-28-31-22(23(26)27)14-20(29-24(19)31)17-6-3-2-4-7-17/h2-4,6-7,9-12,14-15,21,23H,5,8,13H2,1H3. The predicted molar refractivity (Wildman–Crippen MR) is 118 cm³/mol. The Balaban J connectivity index is 1.58. The molecule has 1 aliphatic rings. The van der Waals surface area contributed by atoms with Gasteiger partial charge in [-0.25, -0.2) is 18.3 Å². The lowest BCUT2D eigenvalue weighted by Gasteiger charge is -2.25. The van der Waals surface area contributed by atoms with E-state index >= 15 is 0 Å². The van der Waals surface area contributed by atoms with Crippen LogP contribution in [0.25, 0.3) is 16.9 Å². The summed E-state index contributed by atoms with van der Waals surface area (Å²) in [5, 5.41) is 4.10. The molecule has 1 unspecified atom stereocenters. The van der Waals surface area contributed by atoms with Crippen molar-refractivity contribution in [3.8, 4) is 11.3 Å². The predicted octanol–water partition coefficient (Wildman–Crippen LogP) is 5.62. The van der Waals surface area contributed by atoms with E-state index in [0.29, 0.717) is 17.8 Å². The van der Waals surface area contributed by atoms with Gasteiger partial charge in [-0.1, -0.05) is 60.2 Å². The minimum atomic E-state index is -2.75. The highest BCUT2D eigenvalue weighted by Gasteiger charge is 2.33. The van der Waals surface area contributed by atoms with Gasteiger partial charge in [0.05, 0.1) is 17.9 Å². The fourth-order valence-corrected chi connectivity index (χ4v) is 4.35. The number of amides is 1. The number of halogens is 2. The van der Waals surface area contributed by atoms with Crippen LogP contribution in [0.5, 0.6) is 0 Å². The van der Waals surface area contributed by atoms with Crippen LogP contribution in [0.3, 0.4) is 0 Å². The van der Waals surface area contributed by atoms with Crippen LogP contribution in [-0.2, 0) is 0 Å². The Morgan fingerprint density at radius 3 is 2.56 bits per heavy atom. The van der Waals surface area contributed by atoms with Crippen LogP contribution in [-0.4, -0.2) is 31.9 Å². The van der Waals surface area contributed by atoms with Crippen molar-refractivity contribution in [1.82, 2.24) is 19.5 Å². The molecule has 32 heavy (non-hydrogen) atoms. The second kappa shape index (κ2) is 8.15. The smallest absolute Gasteiger partial charge is 0.280 e. The Bertz CT molecular complexity index is 1270. The lowest BCUT2D eigenvalue weighted by molar-refractivity contribution is 0.0737.